The first-order valence-electron chi connectivity index (χ1n) is 11.8. The Bertz CT molecular complexity index is 771. The molecular weight excluding hydrogens is 496 g/mol. The molecule has 5 atom stereocenters. The average molecular weight is 537 g/mol. The van der Waals surface area contributed by atoms with Gasteiger partial charge in [0.25, 0.3) is 0 Å². The van der Waals surface area contributed by atoms with Crippen LogP contribution in [0.1, 0.15) is 60.8 Å². The summed E-state index contributed by atoms with van der Waals surface area (Å²) in [5.74, 6) is -6.28. The third kappa shape index (κ3) is 15.5. The molecule has 0 aliphatic rings. The fourth-order valence-corrected chi connectivity index (χ4v) is 2.30. The van der Waals surface area contributed by atoms with Crippen LogP contribution in [0.3, 0.4) is 0 Å². The van der Waals surface area contributed by atoms with Crippen molar-refractivity contribution in [2.45, 2.75) is 85.1 Å². The zero-order chi connectivity index (χ0) is 29.3. The van der Waals surface area contributed by atoms with Crippen molar-refractivity contribution >= 4 is 35.8 Å². The second-order valence-corrected chi connectivity index (χ2v) is 8.23. The van der Waals surface area contributed by atoms with Crippen molar-refractivity contribution in [1.29, 1.82) is 0 Å². The third-order valence-corrected chi connectivity index (χ3v) is 4.90. The maximum Gasteiger partial charge on any atom is 0.345 e. The van der Waals surface area contributed by atoms with Crippen LogP contribution in [0.15, 0.2) is 0 Å². The summed E-state index contributed by atoms with van der Waals surface area (Å²) in [7, 11) is 0. The van der Waals surface area contributed by atoms with Crippen molar-refractivity contribution in [1.82, 2.24) is 0 Å². The van der Waals surface area contributed by atoms with Gasteiger partial charge in [-0.05, 0) is 25.7 Å². The summed E-state index contributed by atoms with van der Waals surface area (Å²) in [6, 6.07) is -1.83. The molecule has 0 aromatic heterocycles. The number of nitrogens with two attached hydrogens (primary N) is 2. The first-order valence-corrected chi connectivity index (χ1v) is 11.8. The highest BCUT2D eigenvalue weighted by Crippen LogP contribution is 2.10. The first kappa shape index (κ1) is 35.9. The van der Waals surface area contributed by atoms with Crippen LogP contribution in [0.2, 0.25) is 0 Å². The van der Waals surface area contributed by atoms with E-state index in [9.17, 15) is 28.8 Å². The van der Waals surface area contributed by atoms with E-state index >= 15 is 0 Å². The van der Waals surface area contributed by atoms with Crippen molar-refractivity contribution in [3.63, 3.8) is 0 Å². The van der Waals surface area contributed by atoms with Crippen molar-refractivity contribution in [3.05, 3.63) is 0 Å². The van der Waals surface area contributed by atoms with Gasteiger partial charge in [0.05, 0.1) is 26.1 Å². The summed E-state index contributed by atoms with van der Waals surface area (Å²) < 4.78 is 18.6. The summed E-state index contributed by atoms with van der Waals surface area (Å²) in [5.41, 5.74) is 11.1. The molecule has 14 nitrogen and oxygen atoms in total. The molecule has 0 fully saturated rings. The van der Waals surface area contributed by atoms with Gasteiger partial charge in [-0.15, -0.1) is 0 Å². The van der Waals surface area contributed by atoms with Crippen LogP contribution >= 0.6 is 0 Å². The van der Waals surface area contributed by atoms with Gasteiger partial charge in [0, 0.05) is 0 Å². The van der Waals surface area contributed by atoms with E-state index in [1.165, 1.54) is 0 Å². The molecule has 2 unspecified atom stereocenters. The summed E-state index contributed by atoms with van der Waals surface area (Å²) in [6.07, 6.45) is -3.53. The van der Waals surface area contributed by atoms with E-state index < -0.39 is 72.9 Å². The Morgan fingerprint density at radius 1 is 0.676 bits per heavy atom. The number of carboxylic acids is 2. The highest BCUT2D eigenvalue weighted by molar-refractivity contribution is 5.85. The Balaban J connectivity index is 0. The van der Waals surface area contributed by atoms with Crippen molar-refractivity contribution in [2.75, 3.05) is 13.2 Å². The van der Waals surface area contributed by atoms with Crippen LogP contribution in [0.25, 0.3) is 0 Å². The predicted molar refractivity (Wildman–Crippen MR) is 128 cm³/mol. The molecule has 0 saturated carbocycles. The SMILES string of the molecule is CCOC(=O)CC(OC(=O)[C@@H](N)C(C)C)C(=O)O.CCOC(=O)CC(OC(=O)[C@@H](N)[C@@H](C)CC)C(=O)O. The molecule has 0 spiro atoms. The van der Waals surface area contributed by atoms with E-state index in [4.69, 9.17) is 26.4 Å². The van der Waals surface area contributed by atoms with Gasteiger partial charge in [0.1, 0.15) is 12.1 Å². The molecule has 37 heavy (non-hydrogen) atoms. The zero-order valence-electron chi connectivity index (χ0n) is 22.1. The normalized spacial score (nSPS) is 14.5. The summed E-state index contributed by atoms with van der Waals surface area (Å²) >= 11 is 0. The number of hydrogen-bond donors (Lipinski definition) is 4. The van der Waals surface area contributed by atoms with E-state index in [-0.39, 0.29) is 25.0 Å². The number of carbonyl (C=O) groups excluding carboxylic acids is 4. The second kappa shape index (κ2) is 18.9. The van der Waals surface area contributed by atoms with Gasteiger partial charge in [-0.1, -0.05) is 34.1 Å². The number of carboxylic acid groups (broad SMARTS) is 2. The van der Waals surface area contributed by atoms with E-state index in [1.807, 2.05) is 6.92 Å². The standard InChI is InChI=1S/C12H21NO6.C11H19NO6/c1-4-7(3)10(13)12(17)19-8(11(15)16)6-9(14)18-5-2;1-4-17-8(13)5-7(10(14)15)18-11(16)9(12)6(2)3/h7-8,10H,4-6,13H2,1-3H3,(H,15,16);6-7,9H,4-5,12H2,1-3H3,(H,14,15)/t7-,8?,10-;7?,9-/m00/s1. The van der Waals surface area contributed by atoms with Gasteiger partial charge < -0.3 is 40.6 Å². The molecule has 14 heteroatoms. The van der Waals surface area contributed by atoms with Crippen LogP contribution in [-0.2, 0) is 47.7 Å². The predicted octanol–water partition coefficient (Wildman–Crippen LogP) is 0.229. The van der Waals surface area contributed by atoms with E-state index in [0.717, 1.165) is 0 Å². The van der Waals surface area contributed by atoms with E-state index in [1.54, 1.807) is 34.6 Å². The second-order valence-electron chi connectivity index (χ2n) is 8.23. The first-order chi connectivity index (χ1) is 17.1. The molecule has 0 bridgehead atoms. The number of aliphatic carboxylic acids is 2. The third-order valence-electron chi connectivity index (χ3n) is 4.90. The van der Waals surface area contributed by atoms with E-state index in [0.29, 0.717) is 6.42 Å². The summed E-state index contributed by atoms with van der Waals surface area (Å²) in [4.78, 5) is 67.2. The Hall–Kier alpha value is -3.26. The lowest BCUT2D eigenvalue weighted by atomic mass is 10.0. The van der Waals surface area contributed by atoms with E-state index in [2.05, 4.69) is 14.2 Å². The fraction of sp³-hybridized carbons (Fsp3) is 0.739. The molecule has 0 aromatic rings. The molecule has 0 heterocycles. The van der Waals surface area contributed by atoms with Crippen LogP contribution in [0.4, 0.5) is 0 Å². The highest BCUT2D eigenvalue weighted by atomic mass is 16.6. The molecule has 0 aliphatic carbocycles. The van der Waals surface area contributed by atoms with Crippen molar-refractivity contribution in [2.24, 2.45) is 23.3 Å². The van der Waals surface area contributed by atoms with Crippen LogP contribution < -0.4 is 11.5 Å². The number of ether oxygens (including phenoxy) is 4. The molecule has 0 aromatic carbocycles. The average Bonchev–Trinajstić information content (AvgIpc) is 2.81. The minimum atomic E-state index is -1.57. The smallest absolute Gasteiger partial charge is 0.345 e. The van der Waals surface area contributed by atoms with Gasteiger partial charge in [0.2, 0.25) is 12.2 Å². The molecule has 6 N–H and O–H groups in total. The molecular formula is C23H40N2O12. The minimum absolute atomic E-state index is 0.130. The fourth-order valence-electron chi connectivity index (χ4n) is 2.30. The van der Waals surface area contributed by atoms with Crippen LogP contribution in [0.5, 0.6) is 0 Å². The summed E-state index contributed by atoms with van der Waals surface area (Å²) in [5, 5.41) is 17.7. The van der Waals surface area contributed by atoms with Crippen molar-refractivity contribution < 1.29 is 57.9 Å². The van der Waals surface area contributed by atoms with Gasteiger partial charge in [-0.2, -0.15) is 0 Å². The number of hydrogen-bond acceptors (Lipinski definition) is 12. The highest BCUT2D eigenvalue weighted by Gasteiger charge is 2.31. The molecule has 0 aliphatic heterocycles. The maximum absolute atomic E-state index is 11.6. The topological polar surface area (TPSA) is 232 Å². The molecule has 0 rings (SSSR count). The summed E-state index contributed by atoms with van der Waals surface area (Å²) in [6.45, 7) is 10.5. The zero-order valence-corrected chi connectivity index (χ0v) is 22.1. The monoisotopic (exact) mass is 536 g/mol. The Labute approximate surface area is 215 Å². The molecule has 0 amide bonds. The Kier molecular flexibility index (Phi) is 18.4. The number of rotatable bonds is 15. The lowest BCUT2D eigenvalue weighted by molar-refractivity contribution is -0.169. The Morgan fingerprint density at radius 3 is 1.30 bits per heavy atom. The maximum atomic E-state index is 11.6. The Morgan fingerprint density at radius 2 is 1.03 bits per heavy atom. The van der Waals surface area contributed by atoms with Crippen LogP contribution in [0, 0.1) is 11.8 Å². The van der Waals surface area contributed by atoms with Gasteiger partial charge >= 0.3 is 35.8 Å². The van der Waals surface area contributed by atoms with Gasteiger partial charge in [-0.25, -0.2) is 9.59 Å². The minimum Gasteiger partial charge on any atom is -0.478 e. The van der Waals surface area contributed by atoms with Crippen LogP contribution in [-0.4, -0.2) is 83.5 Å². The number of esters is 4. The molecule has 0 saturated heterocycles. The van der Waals surface area contributed by atoms with Crippen molar-refractivity contribution in [3.8, 4) is 0 Å². The molecule has 0 radical (unpaired) electrons. The quantitative estimate of drug-likeness (QED) is 0.162. The lowest BCUT2D eigenvalue weighted by Gasteiger charge is -2.19. The van der Waals surface area contributed by atoms with Gasteiger partial charge in [0.15, 0.2) is 0 Å². The number of carbonyl (C=O) groups is 6. The largest absolute Gasteiger partial charge is 0.478 e. The van der Waals surface area contributed by atoms with Gasteiger partial charge in [-0.3, -0.25) is 19.2 Å². The molecule has 214 valence electrons. The lowest BCUT2D eigenvalue weighted by Crippen LogP contribution is -2.42.